The number of ether oxygens (including phenoxy) is 5. The van der Waals surface area contributed by atoms with E-state index in [2.05, 4.69) is 26.1 Å². The van der Waals surface area contributed by atoms with Crippen molar-refractivity contribution < 1.29 is 38.4 Å². The van der Waals surface area contributed by atoms with Crippen molar-refractivity contribution in [1.82, 2.24) is 0 Å². The maximum Gasteiger partial charge on any atom is 0.334 e. The molecule has 1 aromatic rings. The second-order valence-electron chi connectivity index (χ2n) is 13.3. The van der Waals surface area contributed by atoms with Gasteiger partial charge in [0.05, 0.1) is 18.3 Å². The number of fused-ring (bicyclic) bond motifs is 5. The van der Waals surface area contributed by atoms with Crippen LogP contribution in [0, 0.1) is 17.3 Å². The van der Waals surface area contributed by atoms with Gasteiger partial charge in [-0.3, -0.25) is 4.79 Å². The number of epoxide rings is 3. The summed E-state index contributed by atoms with van der Waals surface area (Å²) in [4.78, 5) is 24.9. The van der Waals surface area contributed by atoms with Crippen molar-refractivity contribution in [1.29, 1.82) is 0 Å². The normalized spacial score (nSPS) is 49.4. The van der Waals surface area contributed by atoms with Gasteiger partial charge in [-0.05, 0) is 54.9 Å². The molecule has 39 heavy (non-hydrogen) atoms. The van der Waals surface area contributed by atoms with Crippen molar-refractivity contribution in [3.63, 3.8) is 0 Å². The number of hydrogen-bond donors (Lipinski definition) is 2. The molecule has 3 aliphatic carbocycles. The number of carbonyl (C=O) groups is 2. The number of carbonyl (C=O) groups excluding carboxylic acids is 2. The van der Waals surface area contributed by atoms with Gasteiger partial charge in [0.2, 0.25) is 0 Å². The molecule has 5 aliphatic heterocycles. The second kappa shape index (κ2) is 6.70. The molecule has 5 heterocycles. The van der Waals surface area contributed by atoms with Crippen molar-refractivity contribution in [2.75, 3.05) is 25.1 Å². The van der Waals surface area contributed by atoms with Gasteiger partial charge in [0.25, 0.3) is 0 Å². The molecule has 206 valence electrons. The molecule has 8 aliphatic rings. The Kier molecular flexibility index (Phi) is 4.00. The van der Waals surface area contributed by atoms with E-state index in [-0.39, 0.29) is 53.9 Å². The monoisotopic (exact) mass is 535 g/mol. The number of anilines is 1. The zero-order valence-corrected chi connectivity index (χ0v) is 22.4. The van der Waals surface area contributed by atoms with Crippen LogP contribution in [0.15, 0.2) is 29.3 Å². The molecule has 1 aromatic carbocycles. The van der Waals surface area contributed by atoms with Crippen molar-refractivity contribution in [2.45, 2.75) is 87.2 Å². The average Bonchev–Trinajstić information content (AvgIpc) is 3.81. The van der Waals surface area contributed by atoms with Crippen LogP contribution in [-0.2, 0) is 23.7 Å². The summed E-state index contributed by atoms with van der Waals surface area (Å²) in [6.45, 7) is 7.39. The molecule has 3 saturated heterocycles. The number of rotatable bonds is 4. The minimum Gasteiger partial charge on any atom is -0.492 e. The van der Waals surface area contributed by atoms with E-state index in [9.17, 15) is 14.7 Å². The summed E-state index contributed by atoms with van der Waals surface area (Å²) in [6, 6.07) is 5.52. The van der Waals surface area contributed by atoms with Gasteiger partial charge in [-0.2, -0.15) is 0 Å². The van der Waals surface area contributed by atoms with Gasteiger partial charge in [-0.15, -0.1) is 0 Å². The Morgan fingerprint density at radius 2 is 1.92 bits per heavy atom. The van der Waals surface area contributed by atoms with Gasteiger partial charge in [0, 0.05) is 29.6 Å². The predicted molar refractivity (Wildman–Crippen MR) is 135 cm³/mol. The van der Waals surface area contributed by atoms with Crippen LogP contribution < -0.4 is 10.1 Å². The first kappa shape index (κ1) is 23.3. The molecule has 9 nitrogen and oxygen atoms in total. The van der Waals surface area contributed by atoms with Crippen LogP contribution in [0.4, 0.5) is 5.69 Å². The summed E-state index contributed by atoms with van der Waals surface area (Å²) in [5, 5.41) is 16.5. The molecule has 5 fully saturated rings. The highest BCUT2D eigenvalue weighted by atomic mass is 16.7. The number of Topliss-reactive ketones (excluding diaryl/α,β-unsaturated/α-hetero) is 1. The fourth-order valence-corrected chi connectivity index (χ4v) is 9.95. The van der Waals surface area contributed by atoms with E-state index in [0.717, 1.165) is 29.7 Å². The van der Waals surface area contributed by atoms with Crippen LogP contribution in [0.5, 0.6) is 5.75 Å². The molecule has 9 heteroatoms. The molecule has 0 bridgehead atoms. The van der Waals surface area contributed by atoms with Gasteiger partial charge in [-0.1, -0.05) is 20.8 Å². The average molecular weight is 536 g/mol. The topological polar surface area (TPSA) is 122 Å². The highest BCUT2D eigenvalue weighted by Crippen LogP contribution is 2.85. The predicted octanol–water partition coefficient (Wildman–Crippen LogP) is 2.55. The summed E-state index contributed by atoms with van der Waals surface area (Å²) in [5.41, 5.74) is -0.891. The third-order valence-electron chi connectivity index (χ3n) is 11.8. The summed E-state index contributed by atoms with van der Waals surface area (Å²) in [5.74, 6) is 0.605. The number of ketones is 1. The van der Waals surface area contributed by atoms with Crippen molar-refractivity contribution in [3.05, 3.63) is 34.9 Å². The molecule has 0 amide bonds. The van der Waals surface area contributed by atoms with Gasteiger partial charge in [0.1, 0.15) is 41.4 Å². The Morgan fingerprint density at radius 3 is 2.74 bits per heavy atom. The second-order valence-corrected chi connectivity index (χ2v) is 13.3. The fraction of sp³-hybridized carbons (Fsp3) is 0.667. The number of esters is 1. The Labute approximate surface area is 226 Å². The maximum absolute atomic E-state index is 13.0. The number of cyclic esters (lactones) is 1. The Bertz CT molecular complexity index is 1420. The van der Waals surface area contributed by atoms with E-state index in [1.54, 1.807) is 0 Å². The number of hydrogen-bond acceptors (Lipinski definition) is 9. The molecular weight excluding hydrogens is 502 g/mol. The first-order valence-electron chi connectivity index (χ1n) is 14.3. The van der Waals surface area contributed by atoms with Crippen molar-refractivity contribution >= 4 is 17.4 Å². The van der Waals surface area contributed by atoms with Crippen LogP contribution in [0.2, 0.25) is 0 Å². The van der Waals surface area contributed by atoms with Crippen LogP contribution in [0.1, 0.15) is 56.8 Å². The smallest absolute Gasteiger partial charge is 0.334 e. The molecule has 9 atom stereocenters. The van der Waals surface area contributed by atoms with E-state index >= 15 is 0 Å². The largest absolute Gasteiger partial charge is 0.492 e. The first-order valence-corrected chi connectivity index (χ1v) is 14.3. The van der Waals surface area contributed by atoms with Gasteiger partial charge >= 0.3 is 5.97 Å². The van der Waals surface area contributed by atoms with Crippen LogP contribution in [0.25, 0.3) is 0 Å². The molecule has 2 saturated carbocycles. The lowest BCUT2D eigenvalue weighted by molar-refractivity contribution is -0.159. The number of aliphatic hydroxyl groups is 1. The third kappa shape index (κ3) is 2.28. The highest BCUT2D eigenvalue weighted by molar-refractivity contribution is 6.00. The SMILES string of the molecule is CC(C)[C@]12O[C@H]1[C@@H]1O[C@]13[C@]1(O[C@H]1C[C@H]1C4=C(CC[C@@]13C)C(=O)OC4)[C@]2(O)CNc1ccc2c(c1)C(=O)CCO2. The third-order valence-corrected chi connectivity index (χ3v) is 11.8. The van der Waals surface area contributed by atoms with E-state index in [1.807, 2.05) is 18.2 Å². The summed E-state index contributed by atoms with van der Waals surface area (Å²) in [6.07, 6.45) is 1.91. The van der Waals surface area contributed by atoms with Gasteiger partial charge in [-0.25, -0.2) is 4.79 Å². The van der Waals surface area contributed by atoms with E-state index in [1.165, 1.54) is 0 Å². The molecule has 0 unspecified atom stereocenters. The maximum atomic E-state index is 13.0. The molecule has 2 N–H and O–H groups in total. The zero-order valence-electron chi connectivity index (χ0n) is 22.4. The molecular formula is C30H33NO8. The van der Waals surface area contributed by atoms with Crippen LogP contribution in [-0.4, -0.2) is 77.3 Å². The van der Waals surface area contributed by atoms with Crippen molar-refractivity contribution in [2.24, 2.45) is 17.3 Å². The van der Waals surface area contributed by atoms with E-state index in [0.29, 0.717) is 37.4 Å². The van der Waals surface area contributed by atoms with Gasteiger partial charge < -0.3 is 34.1 Å². The Hall–Kier alpha value is -2.46. The van der Waals surface area contributed by atoms with Crippen LogP contribution in [0.3, 0.4) is 0 Å². The van der Waals surface area contributed by atoms with E-state index in [4.69, 9.17) is 23.7 Å². The quantitative estimate of drug-likeness (QED) is 0.442. The Morgan fingerprint density at radius 1 is 1.08 bits per heavy atom. The minimum atomic E-state index is -1.38. The lowest BCUT2D eigenvalue weighted by Crippen LogP contribution is -2.77. The summed E-state index contributed by atoms with van der Waals surface area (Å²) in [7, 11) is 0. The standard InChI is InChI=1S/C30H33NO8/c1-14(2)28-23(38-28)24-30(39-24)26(3)8-6-16-18(12-36-25(16)33)19(26)11-22-29(30,37-22)27(28,34)13-31-15-4-5-21-17(10-15)20(32)7-9-35-21/h4-5,10,14,19,22-24,31,34H,6-9,11-13H2,1-3H3/t19-,22-,23-,24-,26-,27-,28-,29+,30+/m0/s1. The molecule has 0 aromatic heterocycles. The molecule has 0 radical (unpaired) electrons. The lowest BCUT2D eigenvalue weighted by atomic mass is 9.44. The van der Waals surface area contributed by atoms with Gasteiger partial charge in [0.15, 0.2) is 11.4 Å². The number of nitrogens with one attached hydrogen (secondary N) is 1. The molecule has 9 rings (SSSR count). The fourth-order valence-electron chi connectivity index (χ4n) is 9.95. The first-order chi connectivity index (χ1) is 18.6. The van der Waals surface area contributed by atoms with Crippen molar-refractivity contribution in [3.8, 4) is 5.75 Å². The minimum absolute atomic E-state index is 0.0290. The number of benzene rings is 1. The van der Waals surface area contributed by atoms with Crippen LogP contribution >= 0.6 is 0 Å². The summed E-state index contributed by atoms with van der Waals surface area (Å²) < 4.78 is 31.2. The molecule has 2 spiro atoms. The summed E-state index contributed by atoms with van der Waals surface area (Å²) >= 11 is 0. The Balaban J connectivity index is 1.13. The zero-order chi connectivity index (χ0) is 26.7. The highest BCUT2D eigenvalue weighted by Gasteiger charge is 3.04. The lowest BCUT2D eigenvalue weighted by Gasteiger charge is -2.56. The van der Waals surface area contributed by atoms with E-state index < -0.39 is 22.4 Å².